The summed E-state index contributed by atoms with van der Waals surface area (Å²) in [5.74, 6) is 1.13. The Labute approximate surface area is 164 Å². The summed E-state index contributed by atoms with van der Waals surface area (Å²) in [5, 5.41) is 0.740. The highest BCUT2D eigenvalue weighted by Gasteiger charge is 2.19. The topological polar surface area (TPSA) is 66.9 Å². The van der Waals surface area contributed by atoms with Gasteiger partial charge >= 0.3 is 5.97 Å². The Balaban J connectivity index is 2.23. The molecule has 6 nitrogen and oxygen atoms in total. The van der Waals surface area contributed by atoms with E-state index in [1.807, 2.05) is 38.1 Å². The van der Waals surface area contributed by atoms with Crippen molar-refractivity contribution in [1.29, 1.82) is 0 Å². The number of nitrogens with zero attached hydrogens (tertiary/aromatic N) is 1. The van der Waals surface area contributed by atoms with E-state index in [1.54, 1.807) is 39.5 Å². The number of hydrogen-bond acceptors (Lipinski definition) is 6. The quantitative estimate of drug-likeness (QED) is 0.586. The molecule has 0 N–H and O–H groups in total. The monoisotopic (exact) mass is 381 g/mol. The Morgan fingerprint density at radius 2 is 1.57 bits per heavy atom. The van der Waals surface area contributed by atoms with E-state index < -0.39 is 0 Å². The lowest BCUT2D eigenvalue weighted by molar-refractivity contribution is 0.0380. The Kier molecular flexibility index (Phi) is 5.68. The third-order valence-electron chi connectivity index (χ3n) is 4.24. The van der Waals surface area contributed by atoms with Gasteiger partial charge in [-0.3, -0.25) is 0 Å². The van der Waals surface area contributed by atoms with E-state index in [0.29, 0.717) is 34.0 Å². The number of carbonyl (C=O) groups is 1. The summed E-state index contributed by atoms with van der Waals surface area (Å²) in [6.07, 6.45) is -0.218. The molecule has 3 rings (SSSR count). The van der Waals surface area contributed by atoms with Crippen LogP contribution >= 0.6 is 0 Å². The minimum Gasteiger partial charge on any atom is -0.493 e. The average molecular weight is 381 g/mol. The summed E-state index contributed by atoms with van der Waals surface area (Å²) >= 11 is 0. The average Bonchev–Trinajstić information content (AvgIpc) is 2.71. The summed E-state index contributed by atoms with van der Waals surface area (Å²) in [7, 11) is 4.66. The molecule has 3 aromatic rings. The molecule has 0 amide bonds. The first-order valence-corrected chi connectivity index (χ1v) is 8.89. The number of rotatable bonds is 6. The van der Waals surface area contributed by atoms with E-state index in [9.17, 15) is 4.79 Å². The zero-order valence-electron chi connectivity index (χ0n) is 16.6. The third kappa shape index (κ3) is 3.71. The molecule has 0 radical (unpaired) electrons. The van der Waals surface area contributed by atoms with Crippen molar-refractivity contribution in [3.05, 3.63) is 48.0 Å². The van der Waals surface area contributed by atoms with Gasteiger partial charge in [-0.15, -0.1) is 0 Å². The zero-order chi connectivity index (χ0) is 20.3. The Hall–Kier alpha value is -3.28. The first-order valence-electron chi connectivity index (χ1n) is 8.89. The maximum absolute atomic E-state index is 12.7. The highest BCUT2D eigenvalue weighted by Crippen LogP contribution is 2.41. The maximum atomic E-state index is 12.7. The number of ether oxygens (including phenoxy) is 4. The van der Waals surface area contributed by atoms with Crippen molar-refractivity contribution in [2.45, 2.75) is 20.0 Å². The SMILES string of the molecule is COc1cc(-c2cc(C(=O)OC(C)C)c3ccccc3n2)cc(OC)c1OC. The normalized spacial score (nSPS) is 10.8. The van der Waals surface area contributed by atoms with Crippen LogP contribution in [0.15, 0.2) is 42.5 Å². The van der Waals surface area contributed by atoms with E-state index >= 15 is 0 Å². The molecule has 0 spiro atoms. The number of benzene rings is 2. The van der Waals surface area contributed by atoms with Crippen LogP contribution in [0.4, 0.5) is 0 Å². The molecule has 0 aliphatic carbocycles. The lowest BCUT2D eigenvalue weighted by atomic mass is 10.0. The Bertz CT molecular complexity index is 988. The molecule has 1 aromatic heterocycles. The largest absolute Gasteiger partial charge is 0.493 e. The molecule has 2 aromatic carbocycles. The summed E-state index contributed by atoms with van der Waals surface area (Å²) in [4.78, 5) is 17.4. The van der Waals surface area contributed by atoms with Gasteiger partial charge in [-0.05, 0) is 38.1 Å². The van der Waals surface area contributed by atoms with Crippen molar-refractivity contribution >= 4 is 16.9 Å². The molecule has 0 aliphatic rings. The highest BCUT2D eigenvalue weighted by molar-refractivity contribution is 6.04. The number of hydrogen-bond donors (Lipinski definition) is 0. The van der Waals surface area contributed by atoms with Gasteiger partial charge in [0.25, 0.3) is 0 Å². The van der Waals surface area contributed by atoms with Crippen LogP contribution in [0.2, 0.25) is 0 Å². The van der Waals surface area contributed by atoms with Gasteiger partial charge in [0.1, 0.15) is 0 Å². The molecule has 6 heteroatoms. The first-order chi connectivity index (χ1) is 13.5. The lowest BCUT2D eigenvalue weighted by Gasteiger charge is -2.15. The standard InChI is InChI=1S/C22H23NO5/c1-13(2)28-22(24)16-12-18(23-17-9-7-6-8-15(16)17)14-10-19(25-3)21(27-5)20(11-14)26-4/h6-13H,1-5H3. The molecular formula is C22H23NO5. The van der Waals surface area contributed by atoms with E-state index in [2.05, 4.69) is 0 Å². The second-order valence-electron chi connectivity index (χ2n) is 6.44. The first kappa shape index (κ1) is 19.5. The fourth-order valence-corrected chi connectivity index (χ4v) is 3.00. The van der Waals surface area contributed by atoms with Gasteiger partial charge in [-0.2, -0.15) is 0 Å². The Morgan fingerprint density at radius 3 is 2.14 bits per heavy atom. The molecule has 0 saturated carbocycles. The molecule has 0 bridgehead atoms. The number of pyridine rings is 1. The minimum atomic E-state index is -0.387. The van der Waals surface area contributed by atoms with Crippen LogP contribution in [-0.2, 0) is 4.74 Å². The van der Waals surface area contributed by atoms with Crippen molar-refractivity contribution in [3.8, 4) is 28.5 Å². The third-order valence-corrected chi connectivity index (χ3v) is 4.24. The maximum Gasteiger partial charge on any atom is 0.339 e. The van der Waals surface area contributed by atoms with Crippen LogP contribution in [0.5, 0.6) is 17.2 Å². The predicted molar refractivity (Wildman–Crippen MR) is 107 cm³/mol. The van der Waals surface area contributed by atoms with Gasteiger partial charge in [0.05, 0.1) is 44.2 Å². The van der Waals surface area contributed by atoms with Crippen molar-refractivity contribution < 1.29 is 23.7 Å². The molecule has 0 atom stereocenters. The van der Waals surface area contributed by atoms with Crippen LogP contribution in [0.25, 0.3) is 22.2 Å². The van der Waals surface area contributed by atoms with Gasteiger partial charge in [0, 0.05) is 10.9 Å². The lowest BCUT2D eigenvalue weighted by Crippen LogP contribution is -2.12. The van der Waals surface area contributed by atoms with Crippen molar-refractivity contribution in [3.63, 3.8) is 0 Å². The van der Waals surface area contributed by atoms with E-state index in [1.165, 1.54) is 0 Å². The van der Waals surface area contributed by atoms with Gasteiger partial charge < -0.3 is 18.9 Å². The fraction of sp³-hybridized carbons (Fsp3) is 0.273. The molecule has 0 fully saturated rings. The summed E-state index contributed by atoms with van der Waals surface area (Å²) in [6, 6.07) is 12.8. The molecule has 1 heterocycles. The van der Waals surface area contributed by atoms with Crippen LogP contribution < -0.4 is 14.2 Å². The summed E-state index contributed by atoms with van der Waals surface area (Å²) in [6.45, 7) is 3.64. The molecule has 0 saturated heterocycles. The van der Waals surface area contributed by atoms with Gasteiger partial charge in [0.2, 0.25) is 5.75 Å². The molecular weight excluding hydrogens is 358 g/mol. The Morgan fingerprint density at radius 1 is 0.929 bits per heavy atom. The smallest absolute Gasteiger partial charge is 0.339 e. The number of aromatic nitrogens is 1. The number of methoxy groups -OCH3 is 3. The number of esters is 1. The van der Waals surface area contributed by atoms with Crippen LogP contribution in [-0.4, -0.2) is 38.4 Å². The number of para-hydroxylation sites is 1. The van der Waals surface area contributed by atoms with Crippen molar-refractivity contribution in [1.82, 2.24) is 4.98 Å². The molecule has 0 aliphatic heterocycles. The fourth-order valence-electron chi connectivity index (χ4n) is 3.00. The van der Waals surface area contributed by atoms with Crippen LogP contribution in [0.1, 0.15) is 24.2 Å². The highest BCUT2D eigenvalue weighted by atomic mass is 16.5. The van der Waals surface area contributed by atoms with E-state index in [4.69, 9.17) is 23.9 Å². The van der Waals surface area contributed by atoms with E-state index in [-0.39, 0.29) is 12.1 Å². The van der Waals surface area contributed by atoms with Gasteiger partial charge in [0.15, 0.2) is 11.5 Å². The van der Waals surface area contributed by atoms with Gasteiger partial charge in [-0.25, -0.2) is 9.78 Å². The molecule has 0 unspecified atom stereocenters. The van der Waals surface area contributed by atoms with Gasteiger partial charge in [-0.1, -0.05) is 18.2 Å². The predicted octanol–water partition coefficient (Wildman–Crippen LogP) is 4.49. The molecule has 28 heavy (non-hydrogen) atoms. The number of carbonyl (C=O) groups excluding carboxylic acids is 1. The number of fused-ring (bicyclic) bond motifs is 1. The van der Waals surface area contributed by atoms with Crippen molar-refractivity contribution in [2.75, 3.05) is 21.3 Å². The van der Waals surface area contributed by atoms with Crippen LogP contribution in [0, 0.1) is 0 Å². The second-order valence-corrected chi connectivity index (χ2v) is 6.44. The second kappa shape index (κ2) is 8.17. The summed E-state index contributed by atoms with van der Waals surface area (Å²) < 4.78 is 21.7. The minimum absolute atomic E-state index is 0.218. The summed E-state index contributed by atoms with van der Waals surface area (Å²) in [5.41, 5.74) is 2.50. The zero-order valence-corrected chi connectivity index (χ0v) is 16.6. The van der Waals surface area contributed by atoms with Crippen LogP contribution in [0.3, 0.4) is 0 Å². The molecule has 146 valence electrons. The van der Waals surface area contributed by atoms with E-state index in [0.717, 1.165) is 10.9 Å². The van der Waals surface area contributed by atoms with Crippen molar-refractivity contribution in [2.24, 2.45) is 0 Å².